The van der Waals surface area contributed by atoms with Crippen LogP contribution in [0.25, 0.3) is 10.8 Å². The number of fused-ring (bicyclic) bond motifs is 6. The zero-order valence-corrected chi connectivity index (χ0v) is 19.9. The van der Waals surface area contributed by atoms with Crippen LogP contribution in [0.4, 0.5) is 5.69 Å². The van der Waals surface area contributed by atoms with Gasteiger partial charge in [0, 0.05) is 22.2 Å². The van der Waals surface area contributed by atoms with Crippen molar-refractivity contribution in [3.05, 3.63) is 71.2 Å². The highest BCUT2D eigenvalue weighted by molar-refractivity contribution is 6.30. The van der Waals surface area contributed by atoms with E-state index >= 15 is 0 Å². The molecule has 6 nitrogen and oxygen atoms in total. The molecule has 3 fully saturated rings. The van der Waals surface area contributed by atoms with Crippen LogP contribution in [0.5, 0.6) is 5.75 Å². The van der Waals surface area contributed by atoms with E-state index in [0.717, 1.165) is 5.39 Å². The predicted molar refractivity (Wildman–Crippen MR) is 131 cm³/mol. The lowest BCUT2D eigenvalue weighted by atomic mass is 9.67. The Balaban J connectivity index is 1.34. The van der Waals surface area contributed by atoms with Gasteiger partial charge >= 0.3 is 0 Å². The number of nitrogens with zero attached hydrogens (tertiary/aromatic N) is 2. The molecule has 0 spiro atoms. The van der Waals surface area contributed by atoms with Gasteiger partial charge < -0.3 is 9.47 Å². The van der Waals surface area contributed by atoms with Crippen LogP contribution in [0, 0.1) is 23.2 Å². The maximum Gasteiger partial charge on any atom is 0.240 e. The Labute approximate surface area is 208 Å². The number of nitriles is 1. The van der Waals surface area contributed by atoms with Crippen molar-refractivity contribution in [1.82, 2.24) is 0 Å². The molecule has 4 atom stereocenters. The smallest absolute Gasteiger partial charge is 0.240 e. The Morgan fingerprint density at radius 3 is 2.60 bits per heavy atom. The lowest BCUT2D eigenvalue weighted by Gasteiger charge is -2.31. The summed E-state index contributed by atoms with van der Waals surface area (Å²) in [5.41, 5.74) is -0.405. The maximum absolute atomic E-state index is 13.9. The molecule has 2 bridgehead atoms. The van der Waals surface area contributed by atoms with Crippen LogP contribution in [-0.4, -0.2) is 29.6 Å². The predicted octanol–water partition coefficient (Wildman–Crippen LogP) is 5.26. The van der Waals surface area contributed by atoms with Crippen molar-refractivity contribution in [1.29, 1.82) is 5.26 Å². The van der Waals surface area contributed by atoms with E-state index in [1.165, 1.54) is 4.90 Å². The van der Waals surface area contributed by atoms with Gasteiger partial charge in [0.05, 0.1) is 47.0 Å². The summed E-state index contributed by atoms with van der Waals surface area (Å²) in [5, 5.41) is 11.5. The first-order valence-electron chi connectivity index (χ1n) is 11.8. The summed E-state index contributed by atoms with van der Waals surface area (Å²) in [6, 6.07) is 20.1. The molecule has 3 aromatic rings. The average Bonchev–Trinajstić information content (AvgIpc) is 3.43. The van der Waals surface area contributed by atoms with Gasteiger partial charge in [0.2, 0.25) is 11.8 Å². The minimum atomic E-state index is -0.748. The van der Waals surface area contributed by atoms with E-state index in [1.54, 1.807) is 24.3 Å². The van der Waals surface area contributed by atoms with E-state index in [4.69, 9.17) is 21.1 Å². The molecule has 3 aliphatic rings. The van der Waals surface area contributed by atoms with E-state index in [2.05, 4.69) is 6.07 Å². The Kier molecular flexibility index (Phi) is 4.93. The molecule has 3 aromatic carbocycles. The van der Waals surface area contributed by atoms with Crippen LogP contribution in [0.2, 0.25) is 5.02 Å². The number of hydrogen-bond acceptors (Lipinski definition) is 5. The number of ether oxygens (including phenoxy) is 2. The zero-order valence-electron chi connectivity index (χ0n) is 19.2. The summed E-state index contributed by atoms with van der Waals surface area (Å²) in [6.07, 6.45) is 1.91. The van der Waals surface area contributed by atoms with Crippen molar-refractivity contribution in [2.45, 2.75) is 37.4 Å². The second-order valence-corrected chi connectivity index (χ2v) is 10.2. The summed E-state index contributed by atoms with van der Waals surface area (Å²) in [7, 11) is 0. The molecule has 2 amide bonds. The molecule has 3 saturated heterocycles. The first kappa shape index (κ1) is 22.1. The molecule has 0 radical (unpaired) electrons. The lowest BCUT2D eigenvalue weighted by molar-refractivity contribution is -0.131. The number of rotatable bonds is 5. The highest BCUT2D eigenvalue weighted by Crippen LogP contribution is 2.62. The Bertz CT molecular complexity index is 1430. The van der Waals surface area contributed by atoms with Crippen molar-refractivity contribution in [3.63, 3.8) is 0 Å². The van der Waals surface area contributed by atoms with Crippen LogP contribution in [0.15, 0.2) is 60.7 Å². The van der Waals surface area contributed by atoms with E-state index in [1.807, 2.05) is 43.3 Å². The molecule has 3 aliphatic heterocycles. The molecular weight excluding hydrogens is 464 g/mol. The van der Waals surface area contributed by atoms with Crippen LogP contribution >= 0.6 is 11.6 Å². The Morgan fingerprint density at radius 2 is 1.83 bits per heavy atom. The van der Waals surface area contributed by atoms with E-state index in [-0.39, 0.29) is 11.8 Å². The van der Waals surface area contributed by atoms with Crippen LogP contribution in [0.3, 0.4) is 0 Å². The van der Waals surface area contributed by atoms with E-state index < -0.39 is 23.0 Å². The van der Waals surface area contributed by atoms with Gasteiger partial charge in [0.15, 0.2) is 0 Å². The summed E-state index contributed by atoms with van der Waals surface area (Å²) in [6.45, 7) is 2.30. The molecule has 0 aromatic heterocycles. The molecule has 176 valence electrons. The lowest BCUT2D eigenvalue weighted by Crippen LogP contribution is -2.43. The molecule has 0 aliphatic carbocycles. The van der Waals surface area contributed by atoms with Gasteiger partial charge in [-0.2, -0.15) is 5.26 Å². The van der Waals surface area contributed by atoms with Gasteiger partial charge in [-0.1, -0.05) is 41.9 Å². The largest absolute Gasteiger partial charge is 0.493 e. The van der Waals surface area contributed by atoms with Crippen molar-refractivity contribution >= 4 is 39.9 Å². The summed E-state index contributed by atoms with van der Waals surface area (Å²) >= 11 is 6.06. The molecule has 6 rings (SSSR count). The van der Waals surface area contributed by atoms with E-state index in [9.17, 15) is 14.9 Å². The minimum Gasteiger partial charge on any atom is -0.493 e. The van der Waals surface area contributed by atoms with Crippen LogP contribution in [-0.2, 0) is 14.3 Å². The first-order valence-corrected chi connectivity index (χ1v) is 12.1. The van der Waals surface area contributed by atoms with Crippen molar-refractivity contribution in [3.8, 4) is 11.8 Å². The number of halogens is 1. The van der Waals surface area contributed by atoms with Gasteiger partial charge in [0.25, 0.3) is 0 Å². The molecule has 35 heavy (non-hydrogen) atoms. The molecule has 0 unspecified atom stereocenters. The number of imide groups is 1. The maximum atomic E-state index is 13.9. The van der Waals surface area contributed by atoms with Gasteiger partial charge in [0.1, 0.15) is 5.75 Å². The fraction of sp³-hybridized carbons (Fsp3) is 0.321. The normalized spacial score (nSPS) is 29.0. The molecule has 0 saturated carbocycles. The molecule has 3 heterocycles. The van der Waals surface area contributed by atoms with Crippen molar-refractivity contribution in [2.75, 3.05) is 11.5 Å². The van der Waals surface area contributed by atoms with Crippen LogP contribution < -0.4 is 9.64 Å². The number of amides is 2. The minimum absolute atomic E-state index is 0.227. The van der Waals surface area contributed by atoms with Gasteiger partial charge in [-0.25, -0.2) is 4.90 Å². The topological polar surface area (TPSA) is 79.6 Å². The van der Waals surface area contributed by atoms with E-state index in [0.29, 0.717) is 53.3 Å². The van der Waals surface area contributed by atoms with Gasteiger partial charge in [-0.05, 0) is 50.1 Å². The molecule has 7 heteroatoms. The fourth-order valence-corrected chi connectivity index (χ4v) is 6.50. The van der Waals surface area contributed by atoms with Gasteiger partial charge in [-0.15, -0.1) is 0 Å². The third-order valence-corrected chi connectivity index (χ3v) is 8.10. The third-order valence-electron chi connectivity index (χ3n) is 7.86. The third kappa shape index (κ3) is 3.19. The average molecular weight is 487 g/mol. The monoisotopic (exact) mass is 486 g/mol. The summed E-state index contributed by atoms with van der Waals surface area (Å²) in [5.74, 6) is -0.908. The summed E-state index contributed by atoms with van der Waals surface area (Å²) in [4.78, 5) is 29.0. The number of anilines is 1. The molecular formula is C28H23ClN2O4. The van der Waals surface area contributed by atoms with Crippen molar-refractivity contribution < 1.29 is 19.1 Å². The number of hydrogen-bond donors (Lipinski definition) is 0. The quantitative estimate of drug-likeness (QED) is 0.459. The summed E-state index contributed by atoms with van der Waals surface area (Å²) < 4.78 is 12.4. The second kappa shape index (κ2) is 7.81. The second-order valence-electron chi connectivity index (χ2n) is 9.79. The fourth-order valence-electron chi connectivity index (χ4n) is 6.32. The Hall–Kier alpha value is -3.40. The number of carbonyl (C=O) groups is 2. The first-order chi connectivity index (χ1) is 16.9. The standard InChI is InChI=1S/C28H23ClN2O4/c1-27-11-12-28(35-27,13-14-34-19-6-4-5-18(29)15-19)24-23(27)25(32)31(26(24)33)22-10-9-17(16-30)20-7-2-3-8-21(20)22/h2-10,15,23-24H,11-14H2,1H3/t23-,24+,27-,28-/m1/s1. The number of carbonyl (C=O) groups excluding carboxylic acids is 2. The highest BCUT2D eigenvalue weighted by Gasteiger charge is 2.73. The SMILES string of the molecule is C[C@]12CC[C@](CCOc3cccc(Cl)c3)(O1)[C@@H]1C(=O)N(c3ccc(C#N)c4ccccc34)C(=O)[C@@H]12. The highest BCUT2D eigenvalue weighted by atomic mass is 35.5. The van der Waals surface area contributed by atoms with Gasteiger partial charge in [-0.3, -0.25) is 9.59 Å². The Morgan fingerprint density at radius 1 is 1.06 bits per heavy atom. The van der Waals surface area contributed by atoms with Crippen LogP contribution in [0.1, 0.15) is 31.7 Å². The van der Waals surface area contributed by atoms with Crippen molar-refractivity contribution in [2.24, 2.45) is 11.8 Å². The molecule has 0 N–H and O–H groups in total. The zero-order chi connectivity index (χ0) is 24.4. The number of benzene rings is 3.